The first kappa shape index (κ1) is 20.6. The molecule has 2 N–H and O–H groups in total. The molecule has 1 saturated heterocycles. The van der Waals surface area contributed by atoms with Gasteiger partial charge in [-0.1, -0.05) is 30.3 Å². The number of nitrogens with one attached hydrogen (secondary N) is 2. The molecule has 1 fully saturated rings. The molecule has 0 aliphatic carbocycles. The summed E-state index contributed by atoms with van der Waals surface area (Å²) in [5.74, 6) is 0. The maximum Gasteiger partial charge on any atom is 0.416 e. The van der Waals surface area contributed by atoms with Gasteiger partial charge < -0.3 is 10.2 Å². The molecule has 0 atom stereocenters. The number of benzene rings is 2. The number of hydrogen-bond donors (Lipinski definition) is 2. The predicted molar refractivity (Wildman–Crippen MR) is 111 cm³/mol. The number of hydrogen-bond acceptors (Lipinski definition) is 5. The highest BCUT2D eigenvalue weighted by atomic mass is 32.1. The van der Waals surface area contributed by atoms with Crippen LogP contribution in [0.1, 0.15) is 24.0 Å². The lowest BCUT2D eigenvalue weighted by Crippen LogP contribution is -2.45. The van der Waals surface area contributed by atoms with Gasteiger partial charge in [0.1, 0.15) is 5.60 Å². The third-order valence-corrected chi connectivity index (χ3v) is 5.27. The van der Waals surface area contributed by atoms with Crippen molar-refractivity contribution >= 4 is 28.8 Å². The molecular weight excluding hydrogens is 415 g/mol. The lowest BCUT2D eigenvalue weighted by Gasteiger charge is -2.35. The zero-order valence-corrected chi connectivity index (χ0v) is 16.7. The quantitative estimate of drug-likeness (QED) is 0.679. The Balaban J connectivity index is 1.33. The lowest BCUT2D eigenvalue weighted by molar-refractivity contribution is -0.142. The molecule has 1 spiro atoms. The summed E-state index contributed by atoms with van der Waals surface area (Å²) in [6.07, 6.45) is -1.11. The van der Waals surface area contributed by atoms with Crippen LogP contribution in [0.3, 0.4) is 0 Å². The van der Waals surface area contributed by atoms with Crippen molar-refractivity contribution in [3.8, 4) is 0 Å². The van der Waals surface area contributed by atoms with E-state index in [2.05, 4.69) is 10.8 Å². The minimum Gasteiger partial charge on any atom is -0.375 e. The van der Waals surface area contributed by atoms with Crippen molar-refractivity contribution in [1.29, 1.82) is 0 Å². The van der Waals surface area contributed by atoms with E-state index in [0.29, 0.717) is 37.2 Å². The third kappa shape index (κ3) is 4.75. The van der Waals surface area contributed by atoms with Crippen molar-refractivity contribution in [2.45, 2.75) is 24.6 Å². The Kier molecular flexibility index (Phi) is 5.68. The summed E-state index contributed by atoms with van der Waals surface area (Å²) in [6.45, 7) is 1.18. The van der Waals surface area contributed by atoms with Gasteiger partial charge in [0.05, 0.1) is 11.3 Å². The van der Waals surface area contributed by atoms with Gasteiger partial charge in [0.2, 0.25) is 0 Å². The summed E-state index contributed by atoms with van der Waals surface area (Å²) >= 11 is 5.25. The van der Waals surface area contributed by atoms with Crippen molar-refractivity contribution in [2.75, 3.05) is 18.4 Å². The van der Waals surface area contributed by atoms with Crippen LogP contribution >= 0.6 is 12.2 Å². The number of anilines is 1. The van der Waals surface area contributed by atoms with Gasteiger partial charge >= 0.3 is 6.18 Å². The molecule has 2 aliphatic rings. The smallest absolute Gasteiger partial charge is 0.375 e. The van der Waals surface area contributed by atoms with Crippen molar-refractivity contribution in [2.24, 2.45) is 0 Å². The number of alkyl halides is 3. The average Bonchev–Trinajstić information content (AvgIpc) is 3.14. The molecular formula is C21H20F3N3O2S. The molecule has 158 valence electrons. The van der Waals surface area contributed by atoms with Crippen molar-refractivity contribution in [3.05, 3.63) is 71.8 Å². The van der Waals surface area contributed by atoms with E-state index in [-0.39, 0.29) is 5.17 Å². The van der Waals surface area contributed by atoms with E-state index in [1.54, 1.807) is 5.06 Å². The highest BCUT2D eigenvalue weighted by Crippen LogP contribution is 2.36. The van der Waals surface area contributed by atoms with Gasteiger partial charge in [-0.15, -0.1) is 5.06 Å². The second-order valence-corrected chi connectivity index (χ2v) is 7.57. The molecule has 0 unspecified atom stereocenters. The molecule has 2 aliphatic heterocycles. The van der Waals surface area contributed by atoms with Crippen molar-refractivity contribution in [3.63, 3.8) is 0 Å². The van der Waals surface area contributed by atoms with Gasteiger partial charge in [-0.3, -0.25) is 10.3 Å². The maximum absolute atomic E-state index is 12.7. The first-order valence-electron chi connectivity index (χ1n) is 9.46. The van der Waals surface area contributed by atoms with E-state index < -0.39 is 17.3 Å². The van der Waals surface area contributed by atoms with Crippen LogP contribution in [0.5, 0.6) is 0 Å². The maximum atomic E-state index is 12.7. The van der Waals surface area contributed by atoms with Crippen LogP contribution in [0.25, 0.3) is 5.70 Å². The summed E-state index contributed by atoms with van der Waals surface area (Å²) in [5, 5.41) is 5.07. The van der Waals surface area contributed by atoms with Crippen LogP contribution in [-0.2, 0) is 15.9 Å². The normalized spacial score (nSPS) is 18.6. The van der Waals surface area contributed by atoms with E-state index in [4.69, 9.17) is 21.9 Å². The van der Waals surface area contributed by atoms with Gasteiger partial charge in [-0.05, 0) is 61.0 Å². The standard InChI is InChI=1S/C21H20F3N3O2S/c22-21(23,24)16-8-6-15(7-9-16)18-14-20(29-26-18)10-12-27(13-11-20)28-19(30)25-17-4-2-1-3-5-17/h1-9,14,26H,10-13H2,(H,25,30). The number of halogens is 3. The van der Waals surface area contributed by atoms with Crippen molar-refractivity contribution in [1.82, 2.24) is 10.5 Å². The Labute approximate surface area is 177 Å². The highest BCUT2D eigenvalue weighted by molar-refractivity contribution is 7.80. The summed E-state index contributed by atoms with van der Waals surface area (Å²) in [6, 6.07) is 14.5. The van der Waals surface area contributed by atoms with E-state index in [0.717, 1.165) is 17.8 Å². The first-order valence-corrected chi connectivity index (χ1v) is 9.87. The average molecular weight is 435 g/mol. The SMILES string of the molecule is FC(F)(F)c1ccc(C2=CC3(CCN(OC(=S)Nc4ccccc4)CC3)ON2)cc1. The van der Waals surface area contributed by atoms with Crippen LogP contribution in [0.4, 0.5) is 18.9 Å². The molecule has 2 aromatic rings. The van der Waals surface area contributed by atoms with Crippen LogP contribution in [0.2, 0.25) is 0 Å². The largest absolute Gasteiger partial charge is 0.416 e. The molecule has 0 amide bonds. The molecule has 5 nitrogen and oxygen atoms in total. The number of nitrogens with zero attached hydrogens (tertiary/aromatic N) is 1. The third-order valence-electron chi connectivity index (χ3n) is 5.10. The van der Waals surface area contributed by atoms with Crippen LogP contribution in [0.15, 0.2) is 60.7 Å². The van der Waals surface area contributed by atoms with Gasteiger partial charge in [0, 0.05) is 18.8 Å². The Hall–Kier alpha value is -2.62. The van der Waals surface area contributed by atoms with Gasteiger partial charge in [0.25, 0.3) is 5.17 Å². The van der Waals surface area contributed by atoms with Gasteiger partial charge in [-0.2, -0.15) is 13.2 Å². The first-order chi connectivity index (χ1) is 14.3. The lowest BCUT2D eigenvalue weighted by atomic mass is 9.91. The molecule has 30 heavy (non-hydrogen) atoms. The predicted octanol–water partition coefficient (Wildman–Crippen LogP) is 4.74. The van der Waals surface area contributed by atoms with E-state index in [1.807, 2.05) is 36.4 Å². The second-order valence-electron chi connectivity index (χ2n) is 7.20. The zero-order valence-electron chi connectivity index (χ0n) is 15.9. The van der Waals surface area contributed by atoms with Gasteiger partial charge in [-0.25, -0.2) is 0 Å². The molecule has 2 heterocycles. The fraction of sp³-hybridized carbons (Fsp3) is 0.286. The fourth-order valence-electron chi connectivity index (χ4n) is 3.44. The Morgan fingerprint density at radius 1 is 1.07 bits per heavy atom. The van der Waals surface area contributed by atoms with Crippen LogP contribution < -0.4 is 10.8 Å². The topological polar surface area (TPSA) is 45.8 Å². The summed E-state index contributed by atoms with van der Waals surface area (Å²) in [5.41, 5.74) is 3.83. The number of hydroxylamine groups is 3. The molecule has 0 saturated carbocycles. The fourth-order valence-corrected chi connectivity index (χ4v) is 3.66. The van der Waals surface area contributed by atoms with E-state index in [1.165, 1.54) is 12.1 Å². The summed E-state index contributed by atoms with van der Waals surface area (Å²) in [7, 11) is 0. The number of thiocarbonyl (C=S) groups is 1. The van der Waals surface area contributed by atoms with E-state index >= 15 is 0 Å². The van der Waals surface area contributed by atoms with Gasteiger partial charge in [0.15, 0.2) is 0 Å². The molecule has 0 radical (unpaired) electrons. The minimum absolute atomic E-state index is 0.267. The Morgan fingerprint density at radius 3 is 2.37 bits per heavy atom. The molecule has 0 aromatic heterocycles. The minimum atomic E-state index is -4.35. The molecule has 4 rings (SSSR count). The number of piperidine rings is 1. The molecule has 9 heteroatoms. The monoisotopic (exact) mass is 435 g/mol. The zero-order chi connectivity index (χ0) is 21.2. The van der Waals surface area contributed by atoms with Crippen molar-refractivity contribution < 1.29 is 22.8 Å². The second kappa shape index (κ2) is 8.25. The summed E-state index contributed by atoms with van der Waals surface area (Å²) in [4.78, 5) is 11.5. The van der Waals surface area contributed by atoms with Crippen LogP contribution in [-0.4, -0.2) is 28.9 Å². The summed E-state index contributed by atoms with van der Waals surface area (Å²) < 4.78 is 38.2. The number of rotatable bonds is 3. The molecule has 0 bridgehead atoms. The van der Waals surface area contributed by atoms with E-state index in [9.17, 15) is 13.2 Å². The Bertz CT molecular complexity index is 925. The Morgan fingerprint density at radius 2 is 1.73 bits per heavy atom. The highest BCUT2D eigenvalue weighted by Gasteiger charge is 2.40. The molecule has 2 aromatic carbocycles. The van der Waals surface area contributed by atoms with Crippen LogP contribution in [0, 0.1) is 0 Å². The number of para-hydroxylation sites is 1.